The van der Waals surface area contributed by atoms with Crippen molar-refractivity contribution in [1.82, 2.24) is 0 Å². The number of hydrogen-bond acceptors (Lipinski definition) is 3. The molecule has 0 fully saturated rings. The Kier molecular flexibility index (Phi) is 4.30. The third-order valence-electron chi connectivity index (χ3n) is 2.55. The highest BCUT2D eigenvalue weighted by Gasteiger charge is 2.03. The molecule has 2 N–H and O–H groups in total. The van der Waals surface area contributed by atoms with E-state index in [1.54, 1.807) is 30.3 Å². The minimum Gasteiger partial charge on any atom is -0.376 e. The lowest BCUT2D eigenvalue weighted by atomic mass is 10.2. The predicted octanol–water partition coefficient (Wildman–Crippen LogP) is 2.75. The van der Waals surface area contributed by atoms with Crippen molar-refractivity contribution in [3.05, 3.63) is 59.9 Å². The van der Waals surface area contributed by atoms with Crippen molar-refractivity contribution in [3.8, 4) is 6.07 Å². The van der Waals surface area contributed by atoms with E-state index in [9.17, 15) is 9.18 Å². The molecule has 0 aliphatic carbocycles. The average Bonchev–Trinajstić information content (AvgIpc) is 2.45. The quantitative estimate of drug-likeness (QED) is 0.897. The fourth-order valence-corrected chi connectivity index (χ4v) is 1.65. The Hall–Kier alpha value is -2.87. The standard InChI is InChI=1S/C15H12FN3O/c16-12-4-2-6-14(8-12)19-15(20)10-18-13-5-1-3-11(7-13)9-17/h1-8,18H,10H2,(H,19,20). The van der Waals surface area contributed by atoms with Crippen molar-refractivity contribution < 1.29 is 9.18 Å². The zero-order chi connectivity index (χ0) is 14.4. The highest BCUT2D eigenvalue weighted by atomic mass is 19.1. The molecule has 4 nitrogen and oxygen atoms in total. The third kappa shape index (κ3) is 3.82. The van der Waals surface area contributed by atoms with Gasteiger partial charge in [-0.3, -0.25) is 4.79 Å². The SMILES string of the molecule is N#Cc1cccc(NCC(=O)Nc2cccc(F)c2)c1. The molecule has 0 saturated heterocycles. The molecule has 0 aromatic heterocycles. The van der Waals surface area contributed by atoms with E-state index in [1.807, 2.05) is 6.07 Å². The van der Waals surface area contributed by atoms with Crippen LogP contribution in [0.3, 0.4) is 0 Å². The topological polar surface area (TPSA) is 64.9 Å². The summed E-state index contributed by atoms with van der Waals surface area (Å²) in [7, 11) is 0. The number of benzene rings is 2. The van der Waals surface area contributed by atoms with Gasteiger partial charge in [0, 0.05) is 11.4 Å². The van der Waals surface area contributed by atoms with Crippen LogP contribution in [-0.4, -0.2) is 12.5 Å². The Labute approximate surface area is 115 Å². The van der Waals surface area contributed by atoms with Crippen LogP contribution in [0.25, 0.3) is 0 Å². The highest BCUT2D eigenvalue weighted by Crippen LogP contribution is 2.11. The summed E-state index contributed by atoms with van der Waals surface area (Å²) >= 11 is 0. The molecule has 2 aromatic rings. The number of carbonyl (C=O) groups is 1. The smallest absolute Gasteiger partial charge is 0.243 e. The van der Waals surface area contributed by atoms with E-state index >= 15 is 0 Å². The van der Waals surface area contributed by atoms with Gasteiger partial charge in [0.25, 0.3) is 0 Å². The molecule has 0 heterocycles. The van der Waals surface area contributed by atoms with Crippen molar-refractivity contribution in [3.63, 3.8) is 0 Å². The number of nitriles is 1. The van der Waals surface area contributed by atoms with Crippen LogP contribution < -0.4 is 10.6 Å². The van der Waals surface area contributed by atoms with Crippen LogP contribution in [0.15, 0.2) is 48.5 Å². The lowest BCUT2D eigenvalue weighted by Crippen LogP contribution is -2.21. The summed E-state index contributed by atoms with van der Waals surface area (Å²) in [5.41, 5.74) is 1.60. The van der Waals surface area contributed by atoms with Crippen molar-refractivity contribution in [2.24, 2.45) is 0 Å². The summed E-state index contributed by atoms with van der Waals surface area (Å²) in [6.45, 7) is 0.0331. The van der Waals surface area contributed by atoms with Gasteiger partial charge in [-0.1, -0.05) is 12.1 Å². The Morgan fingerprint density at radius 2 is 1.90 bits per heavy atom. The molecule has 0 aliphatic rings. The summed E-state index contributed by atoms with van der Waals surface area (Å²) in [4.78, 5) is 11.7. The molecule has 0 aliphatic heterocycles. The Morgan fingerprint density at radius 1 is 1.15 bits per heavy atom. The minimum atomic E-state index is -0.405. The van der Waals surface area contributed by atoms with Crippen LogP contribution in [0, 0.1) is 17.1 Å². The fourth-order valence-electron chi connectivity index (χ4n) is 1.65. The average molecular weight is 269 g/mol. The summed E-state index contributed by atoms with van der Waals surface area (Å²) in [5, 5.41) is 14.2. The van der Waals surface area contributed by atoms with E-state index in [2.05, 4.69) is 10.6 Å². The summed E-state index contributed by atoms with van der Waals surface area (Å²) in [6, 6.07) is 14.5. The van der Waals surface area contributed by atoms with E-state index in [4.69, 9.17) is 5.26 Å². The van der Waals surface area contributed by atoms with Crippen LogP contribution in [0.4, 0.5) is 15.8 Å². The van der Waals surface area contributed by atoms with E-state index in [-0.39, 0.29) is 12.5 Å². The van der Waals surface area contributed by atoms with Gasteiger partial charge in [0.2, 0.25) is 5.91 Å². The van der Waals surface area contributed by atoms with Crippen LogP contribution in [0.5, 0.6) is 0 Å². The van der Waals surface area contributed by atoms with Gasteiger partial charge < -0.3 is 10.6 Å². The third-order valence-corrected chi connectivity index (χ3v) is 2.55. The van der Waals surface area contributed by atoms with Gasteiger partial charge >= 0.3 is 0 Å². The monoisotopic (exact) mass is 269 g/mol. The summed E-state index contributed by atoms with van der Waals surface area (Å²) in [6.07, 6.45) is 0. The first-order chi connectivity index (χ1) is 9.67. The molecular weight excluding hydrogens is 257 g/mol. The second-order valence-electron chi connectivity index (χ2n) is 4.10. The van der Waals surface area contributed by atoms with Crippen molar-refractivity contribution in [2.45, 2.75) is 0 Å². The lowest BCUT2D eigenvalue weighted by molar-refractivity contribution is -0.114. The molecule has 0 spiro atoms. The molecule has 1 amide bonds. The largest absolute Gasteiger partial charge is 0.376 e. The minimum absolute atomic E-state index is 0.0331. The zero-order valence-corrected chi connectivity index (χ0v) is 10.6. The highest BCUT2D eigenvalue weighted by molar-refractivity contribution is 5.93. The van der Waals surface area contributed by atoms with E-state index in [0.29, 0.717) is 16.9 Å². The lowest BCUT2D eigenvalue weighted by Gasteiger charge is -2.08. The maximum Gasteiger partial charge on any atom is 0.243 e. The first-order valence-corrected chi connectivity index (χ1v) is 5.97. The van der Waals surface area contributed by atoms with Crippen molar-refractivity contribution in [2.75, 3.05) is 17.2 Å². The van der Waals surface area contributed by atoms with Gasteiger partial charge in [-0.25, -0.2) is 4.39 Å². The van der Waals surface area contributed by atoms with E-state index in [0.717, 1.165) is 0 Å². The van der Waals surface area contributed by atoms with E-state index in [1.165, 1.54) is 18.2 Å². The Balaban J connectivity index is 1.90. The molecule has 0 radical (unpaired) electrons. The zero-order valence-electron chi connectivity index (χ0n) is 10.6. The van der Waals surface area contributed by atoms with Crippen molar-refractivity contribution >= 4 is 17.3 Å². The molecule has 0 bridgehead atoms. The van der Waals surface area contributed by atoms with Gasteiger partial charge in [0.1, 0.15) is 5.82 Å². The van der Waals surface area contributed by atoms with Gasteiger partial charge in [0.05, 0.1) is 18.2 Å². The maximum atomic E-state index is 13.0. The number of anilines is 2. The molecule has 5 heteroatoms. The predicted molar refractivity (Wildman–Crippen MR) is 74.7 cm³/mol. The van der Waals surface area contributed by atoms with Gasteiger partial charge in [-0.05, 0) is 36.4 Å². The van der Waals surface area contributed by atoms with Crippen LogP contribution >= 0.6 is 0 Å². The maximum absolute atomic E-state index is 13.0. The van der Waals surface area contributed by atoms with E-state index < -0.39 is 5.82 Å². The van der Waals surface area contributed by atoms with Crippen LogP contribution in [-0.2, 0) is 4.79 Å². The molecule has 0 saturated carbocycles. The normalized spacial score (nSPS) is 9.60. The number of halogens is 1. The first-order valence-electron chi connectivity index (χ1n) is 5.97. The summed E-state index contributed by atoms with van der Waals surface area (Å²) in [5.74, 6) is -0.699. The number of nitrogens with zero attached hydrogens (tertiary/aromatic N) is 1. The van der Waals surface area contributed by atoms with Gasteiger partial charge in [0.15, 0.2) is 0 Å². The second-order valence-corrected chi connectivity index (χ2v) is 4.10. The van der Waals surface area contributed by atoms with Crippen LogP contribution in [0.1, 0.15) is 5.56 Å². The molecule has 0 unspecified atom stereocenters. The molecule has 2 aromatic carbocycles. The number of nitrogens with one attached hydrogen (secondary N) is 2. The van der Waals surface area contributed by atoms with Gasteiger partial charge in [-0.2, -0.15) is 5.26 Å². The Morgan fingerprint density at radius 3 is 2.65 bits per heavy atom. The van der Waals surface area contributed by atoms with Gasteiger partial charge in [-0.15, -0.1) is 0 Å². The molecular formula is C15H12FN3O. The van der Waals surface area contributed by atoms with Crippen LogP contribution in [0.2, 0.25) is 0 Å². The summed E-state index contributed by atoms with van der Waals surface area (Å²) < 4.78 is 13.0. The molecule has 100 valence electrons. The number of amides is 1. The number of rotatable bonds is 4. The fraction of sp³-hybridized carbons (Fsp3) is 0.0667. The molecule has 0 atom stereocenters. The van der Waals surface area contributed by atoms with Crippen molar-refractivity contribution in [1.29, 1.82) is 5.26 Å². The Bertz CT molecular complexity index is 664. The first kappa shape index (κ1) is 13.6. The number of hydrogen-bond donors (Lipinski definition) is 2. The molecule has 20 heavy (non-hydrogen) atoms. The number of carbonyl (C=O) groups excluding carboxylic acids is 1. The molecule has 2 rings (SSSR count). The second kappa shape index (κ2) is 6.34.